The molecule has 164 valence electrons. The molecule has 31 heavy (non-hydrogen) atoms. The first-order chi connectivity index (χ1) is 14.7. The standard InChI is InChI=1S/C18H18N4O8S/c23-18(19-13-4-3-5-14(10-13)21(24)25)12-30-17-7-6-15(11-16(17)22(26)27)31(28,29)20-8-1-2-9-20/h3-7,10-11H,1-2,8-9,12H2,(H,19,23). The number of rotatable bonds is 8. The Morgan fingerprint density at radius 2 is 1.77 bits per heavy atom. The molecule has 2 aromatic rings. The Morgan fingerprint density at radius 1 is 1.06 bits per heavy atom. The van der Waals surface area contributed by atoms with Crippen molar-refractivity contribution in [2.75, 3.05) is 25.0 Å². The molecule has 0 unspecified atom stereocenters. The Balaban J connectivity index is 1.72. The molecule has 1 saturated heterocycles. The van der Waals surface area contributed by atoms with Gasteiger partial charge in [-0.3, -0.25) is 25.0 Å². The van der Waals surface area contributed by atoms with Crippen LogP contribution in [0, 0.1) is 20.2 Å². The molecule has 0 aliphatic carbocycles. The van der Waals surface area contributed by atoms with Gasteiger partial charge in [0, 0.05) is 37.0 Å². The first kappa shape index (κ1) is 22.1. The third-order valence-electron chi connectivity index (χ3n) is 4.53. The van der Waals surface area contributed by atoms with Crippen LogP contribution in [0.15, 0.2) is 47.4 Å². The third kappa shape index (κ3) is 5.13. The number of carbonyl (C=O) groups is 1. The van der Waals surface area contributed by atoms with E-state index in [9.17, 15) is 33.4 Å². The van der Waals surface area contributed by atoms with Gasteiger partial charge in [0.2, 0.25) is 10.0 Å². The van der Waals surface area contributed by atoms with Crippen LogP contribution in [0.3, 0.4) is 0 Å². The molecule has 0 atom stereocenters. The number of amides is 1. The summed E-state index contributed by atoms with van der Waals surface area (Å²) in [5.41, 5.74) is -0.656. The number of hydrogen-bond acceptors (Lipinski definition) is 8. The van der Waals surface area contributed by atoms with Crippen LogP contribution in [-0.2, 0) is 14.8 Å². The average molecular weight is 450 g/mol. The molecule has 1 amide bonds. The molecule has 3 rings (SSSR count). The Morgan fingerprint density at radius 3 is 2.42 bits per heavy atom. The van der Waals surface area contributed by atoms with Gasteiger partial charge in [0.25, 0.3) is 11.6 Å². The highest BCUT2D eigenvalue weighted by atomic mass is 32.2. The van der Waals surface area contributed by atoms with E-state index in [1.165, 1.54) is 28.6 Å². The summed E-state index contributed by atoms with van der Waals surface area (Å²) in [6.07, 6.45) is 1.45. The summed E-state index contributed by atoms with van der Waals surface area (Å²) in [6.45, 7) is 0.0835. The molecular weight excluding hydrogens is 432 g/mol. The van der Waals surface area contributed by atoms with Gasteiger partial charge in [-0.2, -0.15) is 4.31 Å². The van der Waals surface area contributed by atoms with Crippen LogP contribution in [0.4, 0.5) is 17.1 Å². The maximum Gasteiger partial charge on any atom is 0.312 e. The number of non-ortho nitro benzene ring substituents is 1. The van der Waals surface area contributed by atoms with Gasteiger partial charge in [-0.25, -0.2) is 8.42 Å². The first-order valence-corrected chi connectivity index (χ1v) is 10.6. The first-order valence-electron chi connectivity index (χ1n) is 9.14. The molecule has 0 radical (unpaired) electrons. The molecule has 1 aliphatic heterocycles. The SMILES string of the molecule is O=C(COc1ccc(S(=O)(=O)N2CCCC2)cc1[N+](=O)[O-])Nc1cccc([N+](=O)[O-])c1. The predicted molar refractivity (Wildman–Crippen MR) is 108 cm³/mol. The lowest BCUT2D eigenvalue weighted by Crippen LogP contribution is -2.28. The molecule has 1 heterocycles. The fourth-order valence-corrected chi connectivity index (χ4v) is 4.58. The average Bonchev–Trinajstić information content (AvgIpc) is 3.28. The number of carbonyl (C=O) groups excluding carboxylic acids is 1. The topological polar surface area (TPSA) is 162 Å². The lowest BCUT2D eigenvalue weighted by atomic mass is 10.3. The minimum absolute atomic E-state index is 0.157. The van der Waals surface area contributed by atoms with Gasteiger partial charge in [-0.1, -0.05) is 6.07 Å². The number of nitrogens with zero attached hydrogens (tertiary/aromatic N) is 3. The second kappa shape index (κ2) is 9.06. The van der Waals surface area contributed by atoms with Crippen LogP contribution < -0.4 is 10.1 Å². The van der Waals surface area contributed by atoms with Crippen molar-refractivity contribution < 1.29 is 27.8 Å². The highest BCUT2D eigenvalue weighted by Gasteiger charge is 2.30. The van der Waals surface area contributed by atoms with Gasteiger partial charge in [0.1, 0.15) is 0 Å². The Hall–Kier alpha value is -3.58. The zero-order valence-electron chi connectivity index (χ0n) is 16.1. The summed E-state index contributed by atoms with van der Waals surface area (Å²) in [5.74, 6) is -0.983. The highest BCUT2D eigenvalue weighted by Crippen LogP contribution is 2.31. The van der Waals surface area contributed by atoms with Crippen molar-refractivity contribution in [3.05, 3.63) is 62.7 Å². The van der Waals surface area contributed by atoms with Crippen molar-refractivity contribution in [3.8, 4) is 5.75 Å². The van der Waals surface area contributed by atoms with Crippen molar-refractivity contribution in [1.29, 1.82) is 0 Å². The smallest absolute Gasteiger partial charge is 0.312 e. The van der Waals surface area contributed by atoms with E-state index in [0.29, 0.717) is 13.1 Å². The van der Waals surface area contributed by atoms with Crippen molar-refractivity contribution in [3.63, 3.8) is 0 Å². The van der Waals surface area contributed by atoms with Crippen molar-refractivity contribution in [2.45, 2.75) is 17.7 Å². The van der Waals surface area contributed by atoms with Gasteiger partial charge in [0.15, 0.2) is 12.4 Å². The van der Waals surface area contributed by atoms with Crippen LogP contribution in [0.2, 0.25) is 0 Å². The molecule has 13 heteroatoms. The van der Waals surface area contributed by atoms with E-state index in [2.05, 4.69) is 5.32 Å². The quantitative estimate of drug-likeness (QED) is 0.473. The number of anilines is 1. The monoisotopic (exact) mass is 450 g/mol. The Labute approximate surface area is 176 Å². The van der Waals surface area contributed by atoms with E-state index in [1.807, 2.05) is 0 Å². The van der Waals surface area contributed by atoms with Gasteiger partial charge in [-0.05, 0) is 31.0 Å². The van der Waals surface area contributed by atoms with Crippen molar-refractivity contribution >= 4 is 33.0 Å². The van der Waals surface area contributed by atoms with Crippen LogP contribution in [-0.4, -0.2) is 48.2 Å². The maximum absolute atomic E-state index is 12.6. The number of hydrogen-bond donors (Lipinski definition) is 1. The van der Waals surface area contributed by atoms with Crippen LogP contribution in [0.5, 0.6) is 5.75 Å². The van der Waals surface area contributed by atoms with Crippen LogP contribution in [0.1, 0.15) is 12.8 Å². The number of benzene rings is 2. The van der Waals surface area contributed by atoms with Gasteiger partial charge in [0.05, 0.1) is 14.7 Å². The molecule has 12 nitrogen and oxygen atoms in total. The normalized spacial score (nSPS) is 14.2. The molecular formula is C18H18N4O8S. The van der Waals surface area contributed by atoms with E-state index in [-0.39, 0.29) is 22.0 Å². The fourth-order valence-electron chi connectivity index (χ4n) is 3.04. The molecule has 0 aromatic heterocycles. The van der Waals surface area contributed by atoms with E-state index < -0.39 is 38.1 Å². The molecule has 1 aliphatic rings. The van der Waals surface area contributed by atoms with Crippen LogP contribution >= 0.6 is 0 Å². The van der Waals surface area contributed by atoms with E-state index in [1.54, 1.807) is 0 Å². The summed E-state index contributed by atoms with van der Waals surface area (Å²) in [7, 11) is -3.86. The number of ether oxygens (including phenoxy) is 1. The number of nitrogens with one attached hydrogen (secondary N) is 1. The van der Waals surface area contributed by atoms with Crippen LogP contribution in [0.25, 0.3) is 0 Å². The zero-order chi connectivity index (χ0) is 22.6. The largest absolute Gasteiger partial charge is 0.477 e. The van der Waals surface area contributed by atoms with Gasteiger partial charge < -0.3 is 10.1 Å². The molecule has 2 aromatic carbocycles. The number of nitro groups is 2. The highest BCUT2D eigenvalue weighted by molar-refractivity contribution is 7.89. The summed E-state index contributed by atoms with van der Waals surface area (Å²) < 4.78 is 31.7. The molecule has 1 N–H and O–H groups in total. The van der Waals surface area contributed by atoms with Gasteiger partial charge in [-0.15, -0.1) is 0 Å². The van der Waals surface area contributed by atoms with E-state index in [0.717, 1.165) is 31.0 Å². The van der Waals surface area contributed by atoms with E-state index >= 15 is 0 Å². The molecule has 0 spiro atoms. The molecule has 0 saturated carbocycles. The summed E-state index contributed by atoms with van der Waals surface area (Å²) in [6, 6.07) is 8.45. The minimum atomic E-state index is -3.86. The second-order valence-corrected chi connectivity index (χ2v) is 8.58. The predicted octanol–water partition coefficient (Wildman–Crippen LogP) is 2.31. The Bertz CT molecular complexity index is 1130. The second-order valence-electron chi connectivity index (χ2n) is 6.64. The summed E-state index contributed by atoms with van der Waals surface area (Å²) >= 11 is 0. The molecule has 1 fully saturated rings. The number of nitro benzene ring substituents is 2. The van der Waals surface area contributed by atoms with E-state index in [4.69, 9.17) is 4.74 Å². The molecule has 0 bridgehead atoms. The minimum Gasteiger partial charge on any atom is -0.477 e. The van der Waals surface area contributed by atoms with Crippen molar-refractivity contribution in [2.24, 2.45) is 0 Å². The van der Waals surface area contributed by atoms with Crippen molar-refractivity contribution in [1.82, 2.24) is 4.31 Å². The number of sulfonamides is 1. The fraction of sp³-hybridized carbons (Fsp3) is 0.278. The Kier molecular flexibility index (Phi) is 6.46. The lowest BCUT2D eigenvalue weighted by molar-refractivity contribution is -0.386. The maximum atomic E-state index is 12.6. The summed E-state index contributed by atoms with van der Waals surface area (Å²) in [5, 5.41) is 24.6. The van der Waals surface area contributed by atoms with Gasteiger partial charge >= 0.3 is 5.69 Å². The summed E-state index contributed by atoms with van der Waals surface area (Å²) in [4.78, 5) is 32.6. The third-order valence-corrected chi connectivity index (χ3v) is 6.42. The lowest BCUT2D eigenvalue weighted by Gasteiger charge is -2.16. The zero-order valence-corrected chi connectivity index (χ0v) is 16.9.